The molecule has 178 valence electrons. The second kappa shape index (κ2) is 19.1. The Morgan fingerprint density at radius 1 is 0.833 bits per heavy atom. The minimum absolute atomic E-state index is 0.0839. The molecule has 0 heterocycles. The highest BCUT2D eigenvalue weighted by atomic mass is 31.2. The summed E-state index contributed by atoms with van der Waals surface area (Å²) in [6.45, 7) is 2.23. The van der Waals surface area contributed by atoms with Crippen molar-refractivity contribution >= 4 is 13.4 Å². The Balaban J connectivity index is 3.78. The molecule has 30 heavy (non-hydrogen) atoms. The molecule has 0 spiro atoms. The van der Waals surface area contributed by atoms with E-state index in [0.717, 1.165) is 46.3 Å². The quantitative estimate of drug-likeness (QED) is 0.101. The molecule has 1 atom stereocenters. The molecule has 0 aromatic carbocycles. The van der Waals surface area contributed by atoms with Crippen LogP contribution in [0.15, 0.2) is 12.2 Å². The van der Waals surface area contributed by atoms with E-state index in [-0.39, 0.29) is 6.42 Å². The number of halogens is 2. The summed E-state index contributed by atoms with van der Waals surface area (Å²) >= 11 is 0. The lowest BCUT2D eigenvalue weighted by molar-refractivity contribution is -0.126. The first-order chi connectivity index (χ1) is 14.4. The molecule has 0 N–H and O–H groups in total. The number of Topliss-reactive ketones (excluding diaryl/α,β-unsaturated/α-hetero) is 1. The van der Waals surface area contributed by atoms with Crippen LogP contribution in [0.2, 0.25) is 0 Å². The van der Waals surface area contributed by atoms with E-state index in [1.165, 1.54) is 44.9 Å². The van der Waals surface area contributed by atoms with E-state index in [9.17, 15) is 18.1 Å². The van der Waals surface area contributed by atoms with Crippen LogP contribution in [0.4, 0.5) is 8.78 Å². The summed E-state index contributed by atoms with van der Waals surface area (Å²) in [5, 5.41) is 0. The maximum Gasteiger partial charge on any atom is 0.331 e. The summed E-state index contributed by atoms with van der Waals surface area (Å²) in [6.07, 6.45) is 16.0. The fourth-order valence-electron chi connectivity index (χ4n) is 3.34. The molecule has 0 aromatic heterocycles. The van der Waals surface area contributed by atoms with Gasteiger partial charge in [-0.05, 0) is 32.1 Å². The van der Waals surface area contributed by atoms with Gasteiger partial charge >= 0.3 is 7.60 Å². The number of carbonyl (C=O) groups is 1. The van der Waals surface area contributed by atoms with E-state index in [2.05, 4.69) is 19.1 Å². The van der Waals surface area contributed by atoms with Crippen molar-refractivity contribution in [1.29, 1.82) is 0 Å². The zero-order valence-electron chi connectivity index (χ0n) is 19.3. The number of alkyl halides is 2. The molecular weight excluding hydrogens is 409 g/mol. The number of hydrogen-bond acceptors (Lipinski definition) is 4. The van der Waals surface area contributed by atoms with E-state index in [4.69, 9.17) is 9.05 Å². The molecular formula is C23H43F2O4P. The Bertz CT molecular complexity index is 490. The Morgan fingerprint density at radius 3 is 1.77 bits per heavy atom. The first kappa shape index (κ1) is 29.4. The minimum Gasteiger partial charge on any atom is -0.312 e. The average Bonchev–Trinajstić information content (AvgIpc) is 2.74. The third kappa shape index (κ3) is 15.3. The Labute approximate surface area is 182 Å². The summed E-state index contributed by atoms with van der Waals surface area (Å²) < 4.78 is 47.8. The van der Waals surface area contributed by atoms with Gasteiger partial charge in [0.25, 0.3) is 0 Å². The molecule has 0 rings (SSSR count). The van der Waals surface area contributed by atoms with Crippen molar-refractivity contribution in [3.05, 3.63) is 12.2 Å². The first-order valence-electron chi connectivity index (χ1n) is 11.6. The fraction of sp³-hybridized carbons (Fsp3) is 0.870. The van der Waals surface area contributed by atoms with Gasteiger partial charge in [-0.15, -0.1) is 0 Å². The number of rotatable bonds is 21. The summed E-state index contributed by atoms with van der Waals surface area (Å²) in [5.74, 6) is -2.15. The van der Waals surface area contributed by atoms with Gasteiger partial charge in [-0.3, -0.25) is 9.36 Å². The fourth-order valence-corrected chi connectivity index (χ4v) is 4.63. The number of unbranched alkanes of at least 4 members (excludes halogenated alkanes) is 11. The Morgan fingerprint density at radius 2 is 1.30 bits per heavy atom. The number of ketones is 1. The SMILES string of the molecule is CCCCCCCC/C=C\CCCCCCCC(=O)[C@@H](CP(=O)(OC)OC)C(F)F. The summed E-state index contributed by atoms with van der Waals surface area (Å²) in [7, 11) is -1.35. The van der Waals surface area contributed by atoms with Crippen LogP contribution in [0.25, 0.3) is 0 Å². The number of hydrogen-bond donors (Lipinski definition) is 0. The molecule has 0 bridgehead atoms. The first-order valence-corrected chi connectivity index (χ1v) is 13.3. The lowest BCUT2D eigenvalue weighted by Crippen LogP contribution is -2.26. The Hall–Kier alpha value is -0.580. The van der Waals surface area contributed by atoms with Gasteiger partial charge in [0.2, 0.25) is 6.43 Å². The van der Waals surface area contributed by atoms with E-state index >= 15 is 0 Å². The maximum absolute atomic E-state index is 13.2. The van der Waals surface area contributed by atoms with Crippen molar-refractivity contribution in [3.63, 3.8) is 0 Å². The summed E-state index contributed by atoms with van der Waals surface area (Å²) in [5.41, 5.74) is 0. The number of carbonyl (C=O) groups excluding carboxylic acids is 1. The molecule has 0 aliphatic carbocycles. The van der Waals surface area contributed by atoms with E-state index < -0.39 is 31.9 Å². The van der Waals surface area contributed by atoms with E-state index in [0.29, 0.717) is 6.42 Å². The summed E-state index contributed by atoms with van der Waals surface area (Å²) in [6, 6.07) is 0. The third-order valence-corrected chi connectivity index (χ3v) is 7.33. The van der Waals surface area contributed by atoms with Crippen molar-refractivity contribution in [3.8, 4) is 0 Å². The van der Waals surface area contributed by atoms with Gasteiger partial charge in [-0.2, -0.15) is 0 Å². The van der Waals surface area contributed by atoms with Gasteiger partial charge < -0.3 is 9.05 Å². The highest BCUT2D eigenvalue weighted by Gasteiger charge is 2.36. The second-order valence-corrected chi connectivity index (χ2v) is 10.2. The highest BCUT2D eigenvalue weighted by molar-refractivity contribution is 7.53. The topological polar surface area (TPSA) is 52.6 Å². The molecule has 0 saturated heterocycles. The molecule has 0 fully saturated rings. The van der Waals surface area contributed by atoms with Crippen LogP contribution < -0.4 is 0 Å². The van der Waals surface area contributed by atoms with Crippen molar-refractivity contribution in [2.45, 2.75) is 103 Å². The summed E-state index contributed by atoms with van der Waals surface area (Å²) in [4.78, 5) is 12.1. The van der Waals surface area contributed by atoms with Crippen LogP contribution in [0.3, 0.4) is 0 Å². The van der Waals surface area contributed by atoms with Gasteiger partial charge in [-0.1, -0.05) is 70.4 Å². The van der Waals surface area contributed by atoms with Gasteiger partial charge in [0.05, 0.1) is 12.1 Å². The molecule has 4 nitrogen and oxygen atoms in total. The van der Waals surface area contributed by atoms with Crippen molar-refractivity contribution in [2.24, 2.45) is 5.92 Å². The molecule has 0 saturated carbocycles. The molecule has 0 unspecified atom stereocenters. The molecule has 0 radical (unpaired) electrons. The van der Waals surface area contributed by atoms with Crippen LogP contribution in [-0.4, -0.2) is 32.6 Å². The second-order valence-electron chi connectivity index (χ2n) is 7.90. The number of allylic oxidation sites excluding steroid dienone is 2. The molecule has 0 aromatic rings. The van der Waals surface area contributed by atoms with Crippen LogP contribution in [-0.2, 0) is 18.4 Å². The Kier molecular flexibility index (Phi) is 18.8. The van der Waals surface area contributed by atoms with Crippen molar-refractivity contribution in [1.82, 2.24) is 0 Å². The molecule has 0 amide bonds. The lowest BCUT2D eigenvalue weighted by atomic mass is 10.0. The van der Waals surface area contributed by atoms with E-state index in [1.54, 1.807) is 0 Å². The molecule has 7 heteroatoms. The predicted molar refractivity (Wildman–Crippen MR) is 120 cm³/mol. The largest absolute Gasteiger partial charge is 0.331 e. The normalized spacial score (nSPS) is 13.4. The van der Waals surface area contributed by atoms with Crippen LogP contribution >= 0.6 is 7.60 Å². The van der Waals surface area contributed by atoms with Gasteiger partial charge in [0, 0.05) is 20.6 Å². The standard InChI is InChI=1S/C23H43F2O4P/c1-4-5-6-7-8-9-10-11-12-13-14-15-16-17-18-19-22(26)21(23(24)25)20-30(27,28-2)29-3/h11-12,21,23H,4-10,13-20H2,1-3H3/b12-11-/t21-/m1/s1. The van der Waals surface area contributed by atoms with Crippen LogP contribution in [0.1, 0.15) is 96.8 Å². The average molecular weight is 453 g/mol. The molecule has 0 aliphatic rings. The zero-order valence-corrected chi connectivity index (χ0v) is 20.1. The van der Waals surface area contributed by atoms with Crippen LogP contribution in [0.5, 0.6) is 0 Å². The van der Waals surface area contributed by atoms with Crippen molar-refractivity contribution < 1.29 is 27.2 Å². The monoisotopic (exact) mass is 452 g/mol. The van der Waals surface area contributed by atoms with Gasteiger partial charge in [0.15, 0.2) is 0 Å². The van der Waals surface area contributed by atoms with Gasteiger partial charge in [-0.25, -0.2) is 8.78 Å². The van der Waals surface area contributed by atoms with Crippen LogP contribution in [0, 0.1) is 5.92 Å². The van der Waals surface area contributed by atoms with Gasteiger partial charge in [0.1, 0.15) is 5.78 Å². The maximum atomic E-state index is 13.2. The minimum atomic E-state index is -3.63. The molecule has 0 aliphatic heterocycles. The predicted octanol–water partition coefficient (Wildman–Crippen LogP) is 7.96. The van der Waals surface area contributed by atoms with Crippen molar-refractivity contribution in [2.75, 3.05) is 20.4 Å². The third-order valence-electron chi connectivity index (χ3n) is 5.38. The lowest BCUT2D eigenvalue weighted by Gasteiger charge is -2.20. The smallest absolute Gasteiger partial charge is 0.312 e. The zero-order chi connectivity index (χ0) is 22.7. The van der Waals surface area contributed by atoms with E-state index in [1.807, 2.05) is 0 Å². The highest BCUT2D eigenvalue weighted by Crippen LogP contribution is 2.49.